The molecule has 24 heavy (non-hydrogen) atoms. The first-order valence-corrected chi connectivity index (χ1v) is 8.83. The Hall–Kier alpha value is -2.15. The van der Waals surface area contributed by atoms with E-state index in [2.05, 4.69) is 5.16 Å². The van der Waals surface area contributed by atoms with Crippen LogP contribution in [0.3, 0.4) is 0 Å². The molecular weight excluding hydrogens is 326 g/mol. The Balaban J connectivity index is 1.63. The number of nitrogens with zero attached hydrogens (tertiary/aromatic N) is 3. The molecule has 0 aromatic carbocycles. The summed E-state index contributed by atoms with van der Waals surface area (Å²) in [5, 5.41) is 5.85. The standard InChI is InChI=1S/C17H21N3O3S/c1-17(2,3)16(22)20-8-6-19(7-9-20)15(21)12-11-13(23-18-12)14-5-4-10-24-14/h4-5,10-11H,6-9H2,1-3H3. The number of hydrogen-bond donors (Lipinski definition) is 0. The summed E-state index contributed by atoms with van der Waals surface area (Å²) in [5.74, 6) is 0.579. The number of aromatic nitrogens is 1. The minimum absolute atomic E-state index is 0.121. The van der Waals surface area contributed by atoms with Gasteiger partial charge >= 0.3 is 0 Å². The third kappa shape index (κ3) is 3.36. The first-order chi connectivity index (χ1) is 11.4. The molecule has 1 aliphatic rings. The van der Waals surface area contributed by atoms with Gasteiger partial charge in [-0.3, -0.25) is 9.59 Å². The minimum Gasteiger partial charge on any atom is -0.355 e. The maximum atomic E-state index is 12.6. The lowest BCUT2D eigenvalue weighted by atomic mass is 9.94. The average molecular weight is 347 g/mol. The number of rotatable bonds is 2. The summed E-state index contributed by atoms with van der Waals surface area (Å²) in [4.78, 5) is 29.4. The second-order valence-corrected chi connectivity index (χ2v) is 7.84. The first kappa shape index (κ1) is 16.7. The first-order valence-electron chi connectivity index (χ1n) is 7.95. The highest BCUT2D eigenvalue weighted by atomic mass is 32.1. The molecule has 0 atom stereocenters. The number of carbonyl (C=O) groups excluding carboxylic acids is 2. The molecule has 3 heterocycles. The van der Waals surface area contributed by atoms with Gasteiger partial charge in [0.1, 0.15) is 0 Å². The van der Waals surface area contributed by atoms with E-state index in [1.807, 2.05) is 43.2 Å². The highest BCUT2D eigenvalue weighted by Crippen LogP contribution is 2.26. The third-order valence-electron chi connectivity index (χ3n) is 3.99. The van der Waals surface area contributed by atoms with E-state index in [9.17, 15) is 9.59 Å². The molecule has 0 bridgehead atoms. The third-order valence-corrected chi connectivity index (χ3v) is 4.87. The van der Waals surface area contributed by atoms with Crippen molar-refractivity contribution in [3.8, 4) is 10.6 Å². The lowest BCUT2D eigenvalue weighted by Gasteiger charge is -2.37. The molecule has 0 N–H and O–H groups in total. The second-order valence-electron chi connectivity index (χ2n) is 6.89. The molecule has 2 amide bonds. The van der Waals surface area contributed by atoms with Crippen LogP contribution in [-0.4, -0.2) is 52.9 Å². The van der Waals surface area contributed by atoms with Gasteiger partial charge in [0, 0.05) is 37.7 Å². The van der Waals surface area contributed by atoms with Crippen molar-refractivity contribution >= 4 is 23.2 Å². The molecule has 3 rings (SSSR count). The molecule has 0 saturated carbocycles. The molecule has 1 aliphatic heterocycles. The molecule has 0 spiro atoms. The van der Waals surface area contributed by atoms with Gasteiger partial charge in [-0.15, -0.1) is 11.3 Å². The van der Waals surface area contributed by atoms with Crippen LogP contribution in [0.25, 0.3) is 10.6 Å². The van der Waals surface area contributed by atoms with Gasteiger partial charge in [0.05, 0.1) is 4.88 Å². The minimum atomic E-state index is -0.395. The van der Waals surface area contributed by atoms with Gasteiger partial charge in [-0.2, -0.15) is 0 Å². The molecule has 0 unspecified atom stereocenters. The van der Waals surface area contributed by atoms with E-state index < -0.39 is 5.41 Å². The monoisotopic (exact) mass is 347 g/mol. The van der Waals surface area contributed by atoms with Crippen LogP contribution < -0.4 is 0 Å². The number of carbonyl (C=O) groups is 2. The predicted molar refractivity (Wildman–Crippen MR) is 91.8 cm³/mol. The van der Waals surface area contributed by atoms with Gasteiger partial charge in [-0.1, -0.05) is 32.0 Å². The van der Waals surface area contributed by atoms with Crippen LogP contribution in [0.2, 0.25) is 0 Å². The summed E-state index contributed by atoms with van der Waals surface area (Å²) < 4.78 is 5.27. The predicted octanol–water partition coefficient (Wildman–Crippen LogP) is 2.73. The van der Waals surface area contributed by atoms with Gasteiger partial charge in [0.25, 0.3) is 5.91 Å². The van der Waals surface area contributed by atoms with E-state index >= 15 is 0 Å². The van der Waals surface area contributed by atoms with Crippen LogP contribution in [0.1, 0.15) is 31.3 Å². The highest BCUT2D eigenvalue weighted by molar-refractivity contribution is 7.13. The van der Waals surface area contributed by atoms with Gasteiger partial charge in [-0.25, -0.2) is 0 Å². The summed E-state index contributed by atoms with van der Waals surface area (Å²) in [6, 6.07) is 5.53. The molecule has 1 fully saturated rings. The molecule has 0 radical (unpaired) electrons. The summed E-state index contributed by atoms with van der Waals surface area (Å²) in [5.41, 5.74) is -0.0811. The smallest absolute Gasteiger partial charge is 0.276 e. The van der Waals surface area contributed by atoms with E-state index in [-0.39, 0.29) is 11.8 Å². The molecule has 128 valence electrons. The van der Waals surface area contributed by atoms with Crippen LogP contribution in [0.15, 0.2) is 28.1 Å². The van der Waals surface area contributed by atoms with Crippen LogP contribution in [-0.2, 0) is 4.79 Å². The van der Waals surface area contributed by atoms with E-state index in [0.29, 0.717) is 37.6 Å². The summed E-state index contributed by atoms with van der Waals surface area (Å²) in [6.07, 6.45) is 0. The molecule has 2 aromatic heterocycles. The normalized spacial score (nSPS) is 15.6. The Labute approximate surface area is 145 Å². The molecule has 0 aliphatic carbocycles. The van der Waals surface area contributed by atoms with Gasteiger partial charge < -0.3 is 14.3 Å². The van der Waals surface area contributed by atoms with Crippen molar-refractivity contribution in [3.63, 3.8) is 0 Å². The van der Waals surface area contributed by atoms with E-state index in [1.54, 1.807) is 11.0 Å². The quantitative estimate of drug-likeness (QED) is 0.838. The van der Waals surface area contributed by atoms with Crippen LogP contribution >= 0.6 is 11.3 Å². The topological polar surface area (TPSA) is 66.7 Å². The SMILES string of the molecule is CC(C)(C)C(=O)N1CCN(C(=O)c2cc(-c3cccs3)on2)CC1. The maximum absolute atomic E-state index is 12.6. The number of thiophene rings is 1. The van der Waals surface area contributed by atoms with Crippen molar-refractivity contribution < 1.29 is 14.1 Å². The molecule has 7 heteroatoms. The summed E-state index contributed by atoms with van der Waals surface area (Å²) in [7, 11) is 0. The van der Waals surface area contributed by atoms with Crippen molar-refractivity contribution in [2.24, 2.45) is 5.41 Å². The highest BCUT2D eigenvalue weighted by Gasteiger charge is 2.31. The summed E-state index contributed by atoms with van der Waals surface area (Å²) in [6.45, 7) is 7.87. The fourth-order valence-corrected chi connectivity index (χ4v) is 3.33. The number of hydrogen-bond acceptors (Lipinski definition) is 5. The Kier molecular flexibility index (Phi) is 4.45. The van der Waals surface area contributed by atoms with Gasteiger partial charge in [-0.05, 0) is 11.4 Å². The zero-order valence-electron chi connectivity index (χ0n) is 14.1. The van der Waals surface area contributed by atoms with Crippen molar-refractivity contribution in [1.29, 1.82) is 0 Å². The average Bonchev–Trinajstić information content (AvgIpc) is 3.23. The van der Waals surface area contributed by atoms with Crippen molar-refractivity contribution in [2.45, 2.75) is 20.8 Å². The van der Waals surface area contributed by atoms with Crippen molar-refractivity contribution in [2.75, 3.05) is 26.2 Å². The fourth-order valence-electron chi connectivity index (χ4n) is 2.66. The molecule has 1 saturated heterocycles. The Morgan fingerprint density at radius 3 is 2.42 bits per heavy atom. The largest absolute Gasteiger partial charge is 0.355 e. The van der Waals surface area contributed by atoms with E-state index in [0.717, 1.165) is 4.88 Å². The van der Waals surface area contributed by atoms with Crippen molar-refractivity contribution in [1.82, 2.24) is 15.0 Å². The summed E-state index contributed by atoms with van der Waals surface area (Å²) >= 11 is 1.54. The van der Waals surface area contributed by atoms with Crippen molar-refractivity contribution in [3.05, 3.63) is 29.3 Å². The van der Waals surface area contributed by atoms with Gasteiger partial charge in [0.15, 0.2) is 11.5 Å². The van der Waals surface area contributed by atoms with E-state index in [1.165, 1.54) is 11.3 Å². The molecular formula is C17H21N3O3S. The fraction of sp³-hybridized carbons (Fsp3) is 0.471. The number of amides is 2. The van der Waals surface area contributed by atoms with Crippen LogP contribution in [0.5, 0.6) is 0 Å². The van der Waals surface area contributed by atoms with E-state index in [4.69, 9.17) is 4.52 Å². The van der Waals surface area contributed by atoms with Gasteiger partial charge in [0.2, 0.25) is 5.91 Å². The lowest BCUT2D eigenvalue weighted by Crippen LogP contribution is -2.53. The Morgan fingerprint density at radius 2 is 1.83 bits per heavy atom. The Bertz CT molecular complexity index is 723. The maximum Gasteiger partial charge on any atom is 0.276 e. The Morgan fingerprint density at radius 1 is 1.17 bits per heavy atom. The zero-order chi connectivity index (χ0) is 17.3. The second kappa shape index (κ2) is 6.39. The molecule has 6 nitrogen and oxygen atoms in total. The van der Waals surface area contributed by atoms with Crippen LogP contribution in [0.4, 0.5) is 0 Å². The molecule has 2 aromatic rings. The lowest BCUT2D eigenvalue weighted by molar-refractivity contribution is -0.140. The zero-order valence-corrected chi connectivity index (χ0v) is 14.9. The van der Waals surface area contributed by atoms with Crippen LogP contribution in [0, 0.1) is 5.41 Å². The number of piperazine rings is 1.